The van der Waals surface area contributed by atoms with Crippen LogP contribution in [0.4, 0.5) is 5.69 Å². The van der Waals surface area contributed by atoms with Crippen molar-refractivity contribution in [1.29, 1.82) is 0 Å². The Bertz CT molecular complexity index is 895. The Morgan fingerprint density at radius 1 is 1.18 bits per heavy atom. The average molecular weight is 399 g/mol. The second-order valence-electron chi connectivity index (χ2n) is 7.07. The summed E-state index contributed by atoms with van der Waals surface area (Å²) < 4.78 is 0. The van der Waals surface area contributed by atoms with E-state index in [1.54, 1.807) is 18.2 Å². The van der Waals surface area contributed by atoms with E-state index >= 15 is 0 Å². The van der Waals surface area contributed by atoms with E-state index < -0.39 is 5.41 Å². The van der Waals surface area contributed by atoms with Crippen LogP contribution in [0.1, 0.15) is 43.7 Å². The Labute approximate surface area is 169 Å². The van der Waals surface area contributed by atoms with Crippen LogP contribution in [0.5, 0.6) is 0 Å². The van der Waals surface area contributed by atoms with Gasteiger partial charge in [-0.25, -0.2) is 0 Å². The summed E-state index contributed by atoms with van der Waals surface area (Å²) >= 11 is 5.96. The predicted molar refractivity (Wildman–Crippen MR) is 109 cm³/mol. The van der Waals surface area contributed by atoms with Gasteiger partial charge in [0, 0.05) is 23.6 Å². The van der Waals surface area contributed by atoms with Gasteiger partial charge in [0.15, 0.2) is 0 Å². The van der Waals surface area contributed by atoms with Crippen molar-refractivity contribution in [3.63, 3.8) is 0 Å². The molecule has 0 aliphatic carbocycles. The smallest absolute Gasteiger partial charge is 0.237 e. The van der Waals surface area contributed by atoms with Crippen LogP contribution < -0.4 is 10.6 Å². The monoisotopic (exact) mass is 398 g/mol. The van der Waals surface area contributed by atoms with Crippen molar-refractivity contribution >= 4 is 35.0 Å². The van der Waals surface area contributed by atoms with Crippen LogP contribution in [0.25, 0.3) is 0 Å². The number of piperidine rings is 1. The molecule has 28 heavy (non-hydrogen) atoms. The lowest BCUT2D eigenvalue weighted by Crippen LogP contribution is -2.51. The molecular weight excluding hydrogens is 376 g/mol. The molecule has 1 aliphatic heterocycles. The lowest BCUT2D eigenvalue weighted by molar-refractivity contribution is -0.138. The van der Waals surface area contributed by atoms with Crippen LogP contribution in [0, 0.1) is 0 Å². The first kappa shape index (κ1) is 20.1. The van der Waals surface area contributed by atoms with Crippen LogP contribution in [0.2, 0.25) is 5.02 Å². The number of carbonyl (C=O) groups excluding carboxylic acids is 3. The zero-order valence-corrected chi connectivity index (χ0v) is 16.5. The highest BCUT2D eigenvalue weighted by Crippen LogP contribution is 2.36. The summed E-state index contributed by atoms with van der Waals surface area (Å²) in [6.45, 7) is 1.95. The molecule has 1 fully saturated rings. The predicted octanol–water partition coefficient (Wildman–Crippen LogP) is 4.00. The first-order chi connectivity index (χ1) is 13.4. The molecule has 3 amide bonds. The van der Waals surface area contributed by atoms with E-state index in [2.05, 4.69) is 10.6 Å². The number of imide groups is 1. The molecule has 2 N–H and O–H groups in total. The van der Waals surface area contributed by atoms with Crippen molar-refractivity contribution in [2.45, 2.75) is 44.4 Å². The number of aryl methyl sites for hydroxylation is 1. The van der Waals surface area contributed by atoms with Gasteiger partial charge >= 0.3 is 0 Å². The minimum absolute atomic E-state index is 0.0843. The van der Waals surface area contributed by atoms with Crippen molar-refractivity contribution in [2.24, 2.45) is 0 Å². The molecule has 5 nitrogen and oxygen atoms in total. The van der Waals surface area contributed by atoms with Gasteiger partial charge < -0.3 is 5.32 Å². The van der Waals surface area contributed by atoms with E-state index in [0.717, 1.165) is 11.1 Å². The van der Waals surface area contributed by atoms with E-state index in [1.165, 1.54) is 0 Å². The second-order valence-corrected chi connectivity index (χ2v) is 7.50. The lowest BCUT2D eigenvalue weighted by atomic mass is 9.72. The second kappa shape index (κ2) is 8.57. The lowest BCUT2D eigenvalue weighted by Gasteiger charge is -2.35. The number of anilines is 1. The standard InChI is InChI=1S/C22H23ClN2O3/c1-2-22(13-12-20(27)25-21(22)28)16-7-9-18(10-8-16)24-19(26)11-6-15-4-3-5-17(23)14-15/h3-5,7-10,14H,2,6,11-13H2,1H3,(H,24,26)(H,25,27,28). The Hall–Kier alpha value is -2.66. The molecule has 6 heteroatoms. The van der Waals surface area contributed by atoms with Gasteiger partial charge in [-0.15, -0.1) is 0 Å². The fourth-order valence-corrected chi connectivity index (χ4v) is 3.83. The highest BCUT2D eigenvalue weighted by Gasteiger charge is 2.42. The summed E-state index contributed by atoms with van der Waals surface area (Å²) in [5.41, 5.74) is 1.86. The third-order valence-corrected chi connectivity index (χ3v) is 5.56. The Balaban J connectivity index is 1.63. The Morgan fingerprint density at radius 3 is 2.57 bits per heavy atom. The molecule has 1 atom stereocenters. The molecule has 3 rings (SSSR count). The number of hydrogen-bond acceptors (Lipinski definition) is 3. The number of nitrogens with one attached hydrogen (secondary N) is 2. The zero-order valence-electron chi connectivity index (χ0n) is 15.8. The fraction of sp³-hybridized carbons (Fsp3) is 0.318. The van der Waals surface area contributed by atoms with E-state index in [-0.39, 0.29) is 17.7 Å². The van der Waals surface area contributed by atoms with Crippen LogP contribution in [0.15, 0.2) is 48.5 Å². The summed E-state index contributed by atoms with van der Waals surface area (Å²) in [4.78, 5) is 36.2. The number of amides is 3. The van der Waals surface area contributed by atoms with Gasteiger partial charge in [0.2, 0.25) is 17.7 Å². The Morgan fingerprint density at radius 2 is 1.93 bits per heavy atom. The number of halogens is 1. The summed E-state index contributed by atoms with van der Waals surface area (Å²) in [7, 11) is 0. The SMILES string of the molecule is CCC1(c2ccc(NC(=O)CCc3cccc(Cl)c3)cc2)CCC(=O)NC1=O. The van der Waals surface area contributed by atoms with Crippen molar-refractivity contribution < 1.29 is 14.4 Å². The van der Waals surface area contributed by atoms with Gasteiger partial charge in [-0.2, -0.15) is 0 Å². The highest BCUT2D eigenvalue weighted by atomic mass is 35.5. The van der Waals surface area contributed by atoms with Crippen LogP contribution in [-0.2, 0) is 26.2 Å². The quantitative estimate of drug-likeness (QED) is 0.722. The molecule has 2 aromatic rings. The molecule has 1 unspecified atom stereocenters. The maximum absolute atomic E-state index is 12.5. The Kier molecular flexibility index (Phi) is 6.15. The van der Waals surface area contributed by atoms with Gasteiger partial charge in [-0.05, 0) is 54.7 Å². The van der Waals surface area contributed by atoms with Crippen molar-refractivity contribution in [3.8, 4) is 0 Å². The summed E-state index contributed by atoms with van der Waals surface area (Å²) in [5, 5.41) is 5.98. The first-order valence-electron chi connectivity index (χ1n) is 9.42. The maximum atomic E-state index is 12.5. The minimum atomic E-state index is -0.691. The third kappa shape index (κ3) is 4.42. The highest BCUT2D eigenvalue weighted by molar-refractivity contribution is 6.30. The van der Waals surface area contributed by atoms with Crippen molar-refractivity contribution in [3.05, 3.63) is 64.7 Å². The van der Waals surface area contributed by atoms with Crippen LogP contribution in [0.3, 0.4) is 0 Å². The topological polar surface area (TPSA) is 75.3 Å². The van der Waals surface area contributed by atoms with Gasteiger partial charge in [0.05, 0.1) is 5.41 Å². The molecular formula is C22H23ClN2O3. The average Bonchev–Trinajstić information content (AvgIpc) is 2.68. The number of carbonyl (C=O) groups is 3. The first-order valence-corrected chi connectivity index (χ1v) is 9.80. The number of hydrogen-bond donors (Lipinski definition) is 2. The molecule has 0 aromatic heterocycles. The maximum Gasteiger partial charge on any atom is 0.237 e. The normalized spacial score (nSPS) is 19.2. The van der Waals surface area contributed by atoms with Crippen molar-refractivity contribution in [1.82, 2.24) is 5.32 Å². The van der Waals surface area contributed by atoms with E-state index in [0.29, 0.717) is 42.8 Å². The summed E-state index contributed by atoms with van der Waals surface area (Å²) in [6, 6.07) is 14.8. The molecule has 146 valence electrons. The molecule has 0 bridgehead atoms. The van der Waals surface area contributed by atoms with E-state index in [1.807, 2.05) is 37.3 Å². The van der Waals surface area contributed by atoms with Gasteiger partial charge in [0.25, 0.3) is 0 Å². The number of rotatable bonds is 6. The third-order valence-electron chi connectivity index (χ3n) is 5.32. The molecule has 0 saturated carbocycles. The van der Waals surface area contributed by atoms with Gasteiger partial charge in [0.1, 0.15) is 0 Å². The molecule has 1 aliphatic rings. The zero-order chi connectivity index (χ0) is 20.1. The summed E-state index contributed by atoms with van der Waals surface area (Å²) in [6.07, 6.45) is 2.40. The molecule has 0 radical (unpaired) electrons. The largest absolute Gasteiger partial charge is 0.326 e. The van der Waals surface area contributed by atoms with E-state index in [9.17, 15) is 14.4 Å². The van der Waals surface area contributed by atoms with Crippen LogP contribution >= 0.6 is 11.6 Å². The molecule has 0 spiro atoms. The van der Waals surface area contributed by atoms with Gasteiger partial charge in [-0.3, -0.25) is 19.7 Å². The minimum Gasteiger partial charge on any atom is -0.326 e. The van der Waals surface area contributed by atoms with Crippen molar-refractivity contribution in [2.75, 3.05) is 5.32 Å². The van der Waals surface area contributed by atoms with E-state index in [4.69, 9.17) is 11.6 Å². The summed E-state index contributed by atoms with van der Waals surface area (Å²) in [5.74, 6) is -0.554. The number of benzene rings is 2. The molecule has 2 aromatic carbocycles. The van der Waals surface area contributed by atoms with Gasteiger partial charge in [-0.1, -0.05) is 42.8 Å². The molecule has 1 saturated heterocycles. The van der Waals surface area contributed by atoms with Crippen LogP contribution in [-0.4, -0.2) is 17.7 Å². The fourth-order valence-electron chi connectivity index (χ4n) is 3.61. The molecule has 1 heterocycles.